The number of carbonyl (C=O) groups is 2. The Morgan fingerprint density at radius 3 is 2.59 bits per heavy atom. The lowest BCUT2D eigenvalue weighted by atomic mass is 9.92. The van der Waals surface area contributed by atoms with Gasteiger partial charge < -0.3 is 20.6 Å². The van der Waals surface area contributed by atoms with E-state index in [1.54, 1.807) is 6.20 Å². The first kappa shape index (κ1) is 21.8. The summed E-state index contributed by atoms with van der Waals surface area (Å²) in [5.41, 5.74) is 5.07. The van der Waals surface area contributed by atoms with Crippen molar-refractivity contribution in [2.75, 3.05) is 24.5 Å². The van der Waals surface area contributed by atoms with Crippen molar-refractivity contribution in [3.8, 4) is 0 Å². The Morgan fingerprint density at radius 2 is 2.03 bits per heavy atom. The molecule has 1 fully saturated rings. The smallest absolute Gasteiger partial charge is 0.407 e. The van der Waals surface area contributed by atoms with Crippen LogP contribution in [-0.2, 0) is 0 Å². The number of thiophene rings is 1. The van der Waals surface area contributed by atoms with E-state index < -0.39 is 17.5 Å². The first-order chi connectivity index (χ1) is 13.6. The number of fused-ring (bicyclic) bond motifs is 1. The van der Waals surface area contributed by atoms with E-state index in [1.165, 1.54) is 16.2 Å². The summed E-state index contributed by atoms with van der Waals surface area (Å²) >= 11 is 4.89. The lowest BCUT2D eigenvalue weighted by molar-refractivity contribution is 0.0947. The average molecular weight is 483 g/mol. The van der Waals surface area contributed by atoms with Crippen LogP contribution in [0.25, 0.3) is 10.1 Å². The van der Waals surface area contributed by atoms with Crippen LogP contribution in [0, 0.1) is 5.92 Å². The SMILES string of the molecule is CC(C)(C)N(CCC1CCN(c2ncc(Br)c3cc(C(N)=O)sc23)CC1)C(=O)O. The second-order valence-electron chi connectivity index (χ2n) is 8.47. The minimum Gasteiger partial charge on any atom is -0.465 e. The van der Waals surface area contributed by atoms with Crippen molar-refractivity contribution in [1.29, 1.82) is 0 Å². The highest BCUT2D eigenvalue weighted by Crippen LogP contribution is 2.38. The zero-order chi connectivity index (χ0) is 21.3. The Labute approximate surface area is 183 Å². The van der Waals surface area contributed by atoms with Gasteiger partial charge in [0.05, 0.1) is 9.58 Å². The number of halogens is 1. The van der Waals surface area contributed by atoms with E-state index in [1.807, 2.05) is 26.8 Å². The zero-order valence-electron chi connectivity index (χ0n) is 16.9. The third kappa shape index (κ3) is 4.83. The van der Waals surface area contributed by atoms with Crippen molar-refractivity contribution < 1.29 is 14.7 Å². The predicted octanol–water partition coefficient (Wildman–Crippen LogP) is 4.54. The molecule has 29 heavy (non-hydrogen) atoms. The van der Waals surface area contributed by atoms with Crippen molar-refractivity contribution in [3.05, 3.63) is 21.6 Å². The number of carboxylic acid groups (broad SMARTS) is 1. The highest BCUT2D eigenvalue weighted by molar-refractivity contribution is 9.10. The third-order valence-corrected chi connectivity index (χ3v) is 7.23. The van der Waals surface area contributed by atoms with Gasteiger partial charge in [-0.15, -0.1) is 11.3 Å². The molecule has 2 aromatic rings. The number of nitrogens with zero attached hydrogens (tertiary/aromatic N) is 3. The number of pyridine rings is 1. The van der Waals surface area contributed by atoms with E-state index in [0.717, 1.165) is 52.7 Å². The molecule has 3 N–H and O–H groups in total. The number of primary amides is 1. The van der Waals surface area contributed by atoms with Crippen LogP contribution in [0.2, 0.25) is 0 Å². The van der Waals surface area contributed by atoms with Gasteiger partial charge in [-0.25, -0.2) is 9.78 Å². The number of nitrogens with two attached hydrogens (primary N) is 1. The molecule has 0 aromatic carbocycles. The molecule has 0 spiro atoms. The highest BCUT2D eigenvalue weighted by Gasteiger charge is 2.28. The second-order valence-corrected chi connectivity index (χ2v) is 10.4. The molecular formula is C20H27BrN4O3S. The molecule has 0 bridgehead atoms. The summed E-state index contributed by atoms with van der Waals surface area (Å²) in [5.74, 6) is 0.955. The maximum Gasteiger partial charge on any atom is 0.407 e. The summed E-state index contributed by atoms with van der Waals surface area (Å²) in [6, 6.07) is 1.82. The van der Waals surface area contributed by atoms with Gasteiger partial charge in [0, 0.05) is 41.2 Å². The van der Waals surface area contributed by atoms with E-state index >= 15 is 0 Å². The van der Waals surface area contributed by atoms with Gasteiger partial charge in [0.2, 0.25) is 0 Å². The monoisotopic (exact) mass is 482 g/mol. The minimum atomic E-state index is -0.862. The van der Waals surface area contributed by atoms with Crippen LogP contribution in [0.1, 0.15) is 49.7 Å². The molecule has 0 atom stereocenters. The van der Waals surface area contributed by atoms with E-state index in [0.29, 0.717) is 17.3 Å². The van der Waals surface area contributed by atoms with E-state index in [2.05, 4.69) is 25.8 Å². The molecule has 0 saturated carbocycles. The highest BCUT2D eigenvalue weighted by atomic mass is 79.9. The van der Waals surface area contributed by atoms with Crippen LogP contribution < -0.4 is 10.6 Å². The van der Waals surface area contributed by atoms with Crippen LogP contribution in [0.15, 0.2) is 16.7 Å². The van der Waals surface area contributed by atoms with Crippen LogP contribution in [-0.4, -0.2) is 52.2 Å². The first-order valence-electron chi connectivity index (χ1n) is 9.71. The number of rotatable bonds is 5. The van der Waals surface area contributed by atoms with Gasteiger partial charge >= 0.3 is 6.09 Å². The van der Waals surface area contributed by atoms with Crippen molar-refractivity contribution >= 4 is 55.2 Å². The number of hydrogen-bond donors (Lipinski definition) is 2. The van der Waals surface area contributed by atoms with Crippen molar-refractivity contribution in [1.82, 2.24) is 9.88 Å². The Hall–Kier alpha value is -1.87. The van der Waals surface area contributed by atoms with Gasteiger partial charge in [-0.3, -0.25) is 4.79 Å². The van der Waals surface area contributed by atoms with Gasteiger partial charge in [0.15, 0.2) is 0 Å². The standard InChI is InChI=1S/C20H27BrN4O3S/c1-20(2,3)25(19(27)28)9-6-12-4-7-24(8-5-12)18-16-13(14(21)11-23-18)10-15(29-16)17(22)26/h10-12H,4-9H2,1-3H3,(H2,22,26)(H,27,28). The molecule has 3 heterocycles. The summed E-state index contributed by atoms with van der Waals surface area (Å²) in [6.45, 7) is 8.05. The van der Waals surface area contributed by atoms with E-state index in [4.69, 9.17) is 5.73 Å². The van der Waals surface area contributed by atoms with Crippen molar-refractivity contribution in [2.24, 2.45) is 11.7 Å². The molecule has 0 radical (unpaired) electrons. The average Bonchev–Trinajstić information content (AvgIpc) is 3.08. The zero-order valence-corrected chi connectivity index (χ0v) is 19.3. The normalized spacial score (nSPS) is 15.7. The van der Waals surface area contributed by atoms with Gasteiger partial charge in [0.25, 0.3) is 5.91 Å². The first-order valence-corrected chi connectivity index (χ1v) is 11.3. The second kappa shape index (κ2) is 8.47. The fourth-order valence-corrected chi connectivity index (χ4v) is 5.39. The molecule has 2 amide bonds. The Bertz CT molecular complexity index is 916. The largest absolute Gasteiger partial charge is 0.465 e. The van der Waals surface area contributed by atoms with Crippen molar-refractivity contribution in [3.63, 3.8) is 0 Å². The summed E-state index contributed by atoms with van der Waals surface area (Å²) in [5, 5.41) is 10.4. The molecule has 1 aliphatic heterocycles. The Kier molecular flexibility index (Phi) is 6.38. The molecule has 158 valence electrons. The summed E-state index contributed by atoms with van der Waals surface area (Å²) in [4.78, 5) is 32.0. The van der Waals surface area contributed by atoms with Gasteiger partial charge in [-0.05, 0) is 67.9 Å². The maximum absolute atomic E-state index is 11.6. The molecule has 2 aromatic heterocycles. The molecule has 0 unspecified atom stereocenters. The summed E-state index contributed by atoms with van der Waals surface area (Å²) in [7, 11) is 0. The number of aromatic nitrogens is 1. The van der Waals surface area contributed by atoms with Crippen LogP contribution in [0.3, 0.4) is 0 Å². The molecule has 1 saturated heterocycles. The Morgan fingerprint density at radius 1 is 1.38 bits per heavy atom. The lowest BCUT2D eigenvalue weighted by Gasteiger charge is -2.37. The fraction of sp³-hybridized carbons (Fsp3) is 0.550. The van der Waals surface area contributed by atoms with Crippen LogP contribution in [0.4, 0.5) is 10.6 Å². The lowest BCUT2D eigenvalue weighted by Crippen LogP contribution is -2.46. The van der Waals surface area contributed by atoms with Gasteiger partial charge in [0.1, 0.15) is 5.82 Å². The molecule has 7 nitrogen and oxygen atoms in total. The van der Waals surface area contributed by atoms with Crippen LogP contribution >= 0.6 is 27.3 Å². The Balaban J connectivity index is 1.67. The molecular weight excluding hydrogens is 456 g/mol. The third-order valence-electron chi connectivity index (χ3n) is 5.45. The quantitative estimate of drug-likeness (QED) is 0.651. The topological polar surface area (TPSA) is 99.8 Å². The number of hydrogen-bond acceptors (Lipinski definition) is 5. The molecule has 0 aliphatic carbocycles. The number of carbonyl (C=O) groups excluding carboxylic acids is 1. The molecule has 9 heteroatoms. The predicted molar refractivity (Wildman–Crippen MR) is 120 cm³/mol. The van der Waals surface area contributed by atoms with Crippen molar-refractivity contribution in [2.45, 2.75) is 45.6 Å². The fourth-order valence-electron chi connectivity index (χ4n) is 3.79. The van der Waals surface area contributed by atoms with Gasteiger partial charge in [-0.1, -0.05) is 0 Å². The summed E-state index contributed by atoms with van der Waals surface area (Å²) < 4.78 is 1.82. The summed E-state index contributed by atoms with van der Waals surface area (Å²) in [6.07, 6.45) is 3.76. The minimum absolute atomic E-state index is 0.392. The van der Waals surface area contributed by atoms with E-state index in [-0.39, 0.29) is 0 Å². The van der Waals surface area contributed by atoms with Gasteiger partial charge in [-0.2, -0.15) is 0 Å². The maximum atomic E-state index is 11.6. The molecule has 1 aliphatic rings. The van der Waals surface area contributed by atoms with E-state index in [9.17, 15) is 14.7 Å². The number of piperidine rings is 1. The number of amides is 2. The molecule has 3 rings (SSSR count). The van der Waals surface area contributed by atoms with Crippen LogP contribution in [0.5, 0.6) is 0 Å². The number of anilines is 1.